The normalized spacial score (nSPS) is 28.9. The summed E-state index contributed by atoms with van der Waals surface area (Å²) in [6.45, 7) is 1.21. The van der Waals surface area contributed by atoms with Gasteiger partial charge in [-0.2, -0.15) is 13.2 Å². The van der Waals surface area contributed by atoms with E-state index in [1.165, 1.54) is 24.1 Å². The summed E-state index contributed by atoms with van der Waals surface area (Å²) in [7, 11) is 1.34. The quantitative estimate of drug-likeness (QED) is 0.603. The van der Waals surface area contributed by atoms with Crippen molar-refractivity contribution in [1.82, 2.24) is 4.90 Å². The Balaban J connectivity index is 1.54. The number of piperidine rings is 1. The molecule has 2 heterocycles. The molecule has 5 rings (SSSR count). The fraction of sp³-hybridized carbons (Fsp3) is 0.481. The highest BCUT2D eigenvalue weighted by Gasteiger charge is 2.49. The van der Waals surface area contributed by atoms with Crippen LogP contribution in [0.15, 0.2) is 48.5 Å². The van der Waals surface area contributed by atoms with Crippen molar-refractivity contribution in [3.8, 4) is 0 Å². The molecular formula is C27H29F3N2O4. The Labute approximate surface area is 207 Å². The minimum Gasteiger partial charge on any atom is -0.469 e. The van der Waals surface area contributed by atoms with Crippen LogP contribution in [0.2, 0.25) is 0 Å². The van der Waals surface area contributed by atoms with Crippen LogP contribution in [0.4, 0.5) is 24.5 Å². The summed E-state index contributed by atoms with van der Waals surface area (Å²) in [4.78, 5) is 29.8. The van der Waals surface area contributed by atoms with Gasteiger partial charge in [0.15, 0.2) is 0 Å². The third kappa shape index (κ3) is 4.39. The molecule has 9 heteroatoms. The van der Waals surface area contributed by atoms with Crippen LogP contribution in [0.25, 0.3) is 0 Å². The number of para-hydroxylation sites is 1. The number of alkyl halides is 3. The first-order chi connectivity index (χ1) is 17.2. The number of hydrogen-bond donors (Lipinski definition) is 1. The average molecular weight is 503 g/mol. The molecule has 1 N–H and O–H groups in total. The standard InChI is InChI=1S/C27H29F3N2O4/c1-36-26(35)25-20-14-22-19-4-2-3-5-21(19)32(18-9-7-17(8-10-18)27(28,29)30)24(34)12-13-31(22)15-16(20)6-11-23(25)33/h2-5,7-10,16,20,22-23,25,33H,6,11-15H2,1H3/t16-,20-,22-,23-,25+/m0/s1. The first-order valence-corrected chi connectivity index (χ1v) is 12.3. The minimum absolute atomic E-state index is 0.0647. The van der Waals surface area contributed by atoms with E-state index >= 15 is 0 Å². The van der Waals surface area contributed by atoms with Gasteiger partial charge in [-0.05, 0) is 67.0 Å². The second kappa shape index (κ2) is 9.52. The second-order valence-corrected chi connectivity index (χ2v) is 9.95. The van der Waals surface area contributed by atoms with Gasteiger partial charge in [-0.1, -0.05) is 18.2 Å². The number of methoxy groups -OCH3 is 1. The maximum atomic E-state index is 13.4. The molecule has 2 aromatic rings. The van der Waals surface area contributed by atoms with E-state index in [0.29, 0.717) is 37.3 Å². The Hall–Kier alpha value is -2.91. The summed E-state index contributed by atoms with van der Waals surface area (Å²) in [5, 5.41) is 10.7. The smallest absolute Gasteiger partial charge is 0.416 e. The molecule has 0 radical (unpaired) electrons. The number of esters is 1. The van der Waals surface area contributed by atoms with Crippen LogP contribution in [0.3, 0.4) is 0 Å². The summed E-state index contributed by atoms with van der Waals surface area (Å²) >= 11 is 0. The van der Waals surface area contributed by atoms with E-state index in [4.69, 9.17) is 4.74 Å². The molecule has 2 fully saturated rings. The summed E-state index contributed by atoms with van der Waals surface area (Å²) in [6, 6.07) is 12.0. The Morgan fingerprint density at radius 3 is 2.50 bits per heavy atom. The number of rotatable bonds is 2. The summed E-state index contributed by atoms with van der Waals surface area (Å²) < 4.78 is 44.4. The molecule has 3 aliphatic rings. The molecule has 0 bridgehead atoms. The third-order valence-electron chi connectivity index (χ3n) is 8.04. The van der Waals surface area contributed by atoms with E-state index in [1.807, 2.05) is 24.3 Å². The SMILES string of the molecule is COC(=O)[C@@H]1[C@H]2C[C@H]3c4ccccc4N(c4ccc(C(F)(F)F)cc4)C(=O)CCN3C[C@@H]2CC[C@@H]1O. The van der Waals surface area contributed by atoms with Gasteiger partial charge in [-0.15, -0.1) is 0 Å². The fourth-order valence-corrected chi connectivity index (χ4v) is 6.34. The van der Waals surface area contributed by atoms with E-state index in [9.17, 15) is 27.9 Å². The molecule has 1 saturated carbocycles. The van der Waals surface area contributed by atoms with Gasteiger partial charge in [-0.25, -0.2) is 0 Å². The first-order valence-electron chi connectivity index (χ1n) is 12.3. The van der Waals surface area contributed by atoms with Crippen LogP contribution >= 0.6 is 0 Å². The molecule has 6 nitrogen and oxygen atoms in total. The number of anilines is 2. The maximum Gasteiger partial charge on any atom is 0.416 e. The monoisotopic (exact) mass is 502 g/mol. The van der Waals surface area contributed by atoms with Gasteiger partial charge in [0.1, 0.15) is 0 Å². The number of carbonyl (C=O) groups is 2. The number of carbonyl (C=O) groups excluding carboxylic acids is 2. The van der Waals surface area contributed by atoms with Gasteiger partial charge >= 0.3 is 12.1 Å². The Morgan fingerprint density at radius 2 is 1.81 bits per heavy atom. The summed E-state index contributed by atoms with van der Waals surface area (Å²) in [6.07, 6.45) is -3.04. The zero-order valence-electron chi connectivity index (χ0n) is 19.9. The summed E-state index contributed by atoms with van der Waals surface area (Å²) in [5.74, 6) is -1.03. The van der Waals surface area contributed by atoms with Gasteiger partial charge in [0, 0.05) is 31.2 Å². The number of amides is 1. The Kier molecular flexibility index (Phi) is 6.55. The minimum atomic E-state index is -4.46. The Bertz CT molecular complexity index is 1140. The van der Waals surface area contributed by atoms with Crippen LogP contribution in [-0.2, 0) is 20.5 Å². The second-order valence-electron chi connectivity index (χ2n) is 9.95. The number of halogens is 3. The number of aliphatic hydroxyl groups is 1. The Morgan fingerprint density at radius 1 is 1.08 bits per heavy atom. The molecule has 36 heavy (non-hydrogen) atoms. The largest absolute Gasteiger partial charge is 0.469 e. The molecule has 1 aliphatic carbocycles. The van der Waals surface area contributed by atoms with Crippen LogP contribution in [0, 0.1) is 17.8 Å². The number of nitrogens with zero attached hydrogens (tertiary/aromatic N) is 2. The molecule has 0 aromatic heterocycles. The van der Waals surface area contributed by atoms with Gasteiger partial charge in [0.25, 0.3) is 0 Å². The van der Waals surface area contributed by atoms with Crippen molar-refractivity contribution in [3.05, 3.63) is 59.7 Å². The van der Waals surface area contributed by atoms with Crippen LogP contribution in [0.5, 0.6) is 0 Å². The highest BCUT2D eigenvalue weighted by Crippen LogP contribution is 2.49. The molecule has 2 aromatic carbocycles. The molecule has 5 atom stereocenters. The third-order valence-corrected chi connectivity index (χ3v) is 8.04. The van der Waals surface area contributed by atoms with Crippen LogP contribution < -0.4 is 4.90 Å². The van der Waals surface area contributed by atoms with Crippen molar-refractivity contribution in [1.29, 1.82) is 0 Å². The lowest BCUT2D eigenvalue weighted by molar-refractivity contribution is -0.160. The van der Waals surface area contributed by atoms with Gasteiger partial charge in [0.2, 0.25) is 5.91 Å². The van der Waals surface area contributed by atoms with Crippen molar-refractivity contribution in [3.63, 3.8) is 0 Å². The lowest BCUT2D eigenvalue weighted by Crippen LogP contribution is -2.53. The van der Waals surface area contributed by atoms with Gasteiger partial charge < -0.3 is 9.84 Å². The first kappa shape index (κ1) is 24.8. The zero-order valence-corrected chi connectivity index (χ0v) is 19.9. The average Bonchev–Trinajstić information content (AvgIpc) is 2.86. The van der Waals surface area contributed by atoms with Crippen molar-refractivity contribution in [2.45, 2.75) is 44.0 Å². The number of hydrogen-bond acceptors (Lipinski definition) is 5. The van der Waals surface area contributed by atoms with Crippen molar-refractivity contribution in [2.75, 3.05) is 25.1 Å². The van der Waals surface area contributed by atoms with Gasteiger partial charge in [0.05, 0.1) is 30.4 Å². The van der Waals surface area contributed by atoms with Crippen molar-refractivity contribution >= 4 is 23.3 Å². The molecule has 192 valence electrons. The maximum absolute atomic E-state index is 13.4. The molecule has 0 spiro atoms. The van der Waals surface area contributed by atoms with E-state index in [2.05, 4.69) is 4.90 Å². The lowest BCUT2D eigenvalue weighted by atomic mass is 9.65. The molecule has 0 unspecified atom stereocenters. The van der Waals surface area contributed by atoms with E-state index in [0.717, 1.165) is 24.1 Å². The van der Waals surface area contributed by atoms with E-state index in [1.54, 1.807) is 0 Å². The van der Waals surface area contributed by atoms with Crippen molar-refractivity contribution < 1.29 is 32.6 Å². The lowest BCUT2D eigenvalue weighted by Gasteiger charge is -2.51. The highest BCUT2D eigenvalue weighted by molar-refractivity contribution is 6.01. The number of benzene rings is 2. The topological polar surface area (TPSA) is 70.1 Å². The number of aliphatic hydroxyl groups excluding tert-OH is 1. The van der Waals surface area contributed by atoms with Gasteiger partial charge in [-0.3, -0.25) is 19.4 Å². The predicted octanol–water partition coefficient (Wildman–Crippen LogP) is 4.70. The molecule has 2 aliphatic heterocycles. The highest BCUT2D eigenvalue weighted by atomic mass is 19.4. The van der Waals surface area contributed by atoms with Crippen LogP contribution in [-0.4, -0.2) is 48.2 Å². The molecule has 1 saturated heterocycles. The molecular weight excluding hydrogens is 473 g/mol. The zero-order chi connectivity index (χ0) is 25.6. The fourth-order valence-electron chi connectivity index (χ4n) is 6.34. The number of fused-ring (bicyclic) bond motifs is 4. The van der Waals surface area contributed by atoms with Crippen molar-refractivity contribution in [2.24, 2.45) is 17.8 Å². The number of ether oxygens (including phenoxy) is 1. The predicted molar refractivity (Wildman–Crippen MR) is 126 cm³/mol. The van der Waals surface area contributed by atoms with Crippen LogP contribution in [0.1, 0.15) is 42.9 Å². The van der Waals surface area contributed by atoms with E-state index in [-0.39, 0.29) is 30.2 Å². The summed E-state index contributed by atoms with van der Waals surface area (Å²) in [5.41, 5.74) is 1.12. The van der Waals surface area contributed by atoms with E-state index < -0.39 is 29.7 Å². The molecule has 1 amide bonds.